The largest absolute Gasteiger partial charge is 0.483 e. The first kappa shape index (κ1) is 20.3. The fourth-order valence-electron chi connectivity index (χ4n) is 3.28. The molecule has 0 amide bonds. The number of ether oxygens (including phenoxy) is 1. The number of aliphatic hydroxyl groups is 1. The van der Waals surface area contributed by atoms with Gasteiger partial charge in [0, 0.05) is 44.7 Å². The van der Waals surface area contributed by atoms with E-state index in [1.54, 1.807) is 0 Å². The smallest absolute Gasteiger partial charge is 0.330 e. The molecule has 2 N–H and O–H groups in total. The number of hydrogen-bond donors (Lipinski definition) is 2. The van der Waals surface area contributed by atoms with Crippen LogP contribution in [0.25, 0.3) is 0 Å². The van der Waals surface area contributed by atoms with Crippen molar-refractivity contribution in [3.05, 3.63) is 27.0 Å². The van der Waals surface area contributed by atoms with E-state index in [9.17, 15) is 23.1 Å². The zero-order valence-electron chi connectivity index (χ0n) is 14.4. The van der Waals surface area contributed by atoms with Gasteiger partial charge < -0.3 is 19.5 Å². The zero-order chi connectivity index (χ0) is 19.7. The van der Waals surface area contributed by atoms with E-state index in [-0.39, 0.29) is 32.1 Å². The average molecular weight is 391 g/mol. The highest BCUT2D eigenvalue weighted by Gasteiger charge is 2.53. The van der Waals surface area contributed by atoms with Crippen molar-refractivity contribution in [2.75, 3.05) is 32.9 Å². The van der Waals surface area contributed by atoms with Gasteiger partial charge in [-0.05, 0) is 0 Å². The number of hydrogen-bond acceptors (Lipinski definition) is 7. The maximum absolute atomic E-state index is 12.8. The first-order valence-electron chi connectivity index (χ1n) is 7.68. The monoisotopic (exact) mass is 391 g/mol. The van der Waals surface area contributed by atoms with Gasteiger partial charge in [0.25, 0.3) is 12.0 Å². The minimum atomic E-state index is -4.05. The van der Waals surface area contributed by atoms with Gasteiger partial charge in [-0.25, -0.2) is 13.2 Å². The van der Waals surface area contributed by atoms with Gasteiger partial charge in [0.1, 0.15) is 0 Å². The van der Waals surface area contributed by atoms with Gasteiger partial charge in [-0.2, -0.15) is 4.31 Å². The predicted molar refractivity (Wildman–Crippen MR) is 88.2 cm³/mol. The van der Waals surface area contributed by atoms with Gasteiger partial charge in [0.05, 0.1) is 19.8 Å². The van der Waals surface area contributed by atoms with Crippen molar-refractivity contribution in [2.24, 2.45) is 25.4 Å². The predicted octanol–water partition coefficient (Wildman–Crippen LogP) is -2.59. The van der Waals surface area contributed by atoms with Gasteiger partial charge in [-0.1, -0.05) is 0 Å². The molecule has 12 heteroatoms. The van der Waals surface area contributed by atoms with E-state index in [0.717, 1.165) is 15.3 Å². The van der Waals surface area contributed by atoms with Crippen LogP contribution in [0.15, 0.2) is 20.7 Å². The van der Waals surface area contributed by atoms with Crippen molar-refractivity contribution >= 4 is 16.5 Å². The molecule has 1 aromatic heterocycles. The van der Waals surface area contributed by atoms with E-state index in [1.807, 2.05) is 0 Å². The molecule has 2 fully saturated rings. The third kappa shape index (κ3) is 3.20. The number of rotatable bonds is 3. The lowest BCUT2D eigenvalue weighted by molar-refractivity contribution is -0.122. The van der Waals surface area contributed by atoms with Crippen LogP contribution in [0.5, 0.6) is 0 Å². The first-order valence-corrected chi connectivity index (χ1v) is 9.12. The molecule has 0 saturated carbocycles. The maximum atomic E-state index is 12.8. The van der Waals surface area contributed by atoms with Crippen LogP contribution in [0.2, 0.25) is 0 Å². The van der Waals surface area contributed by atoms with Crippen LogP contribution in [-0.2, 0) is 33.7 Å². The van der Waals surface area contributed by atoms with Crippen LogP contribution >= 0.6 is 0 Å². The zero-order valence-corrected chi connectivity index (χ0v) is 15.2. The van der Waals surface area contributed by atoms with Gasteiger partial charge in [-0.15, -0.1) is 0 Å². The molecular formula is C14H21N3O8S. The molecule has 2 saturated heterocycles. The third-order valence-corrected chi connectivity index (χ3v) is 6.63. The number of carboxylic acid groups (broad SMARTS) is 1. The molecule has 0 bridgehead atoms. The fourth-order valence-corrected chi connectivity index (χ4v) is 5.01. The summed E-state index contributed by atoms with van der Waals surface area (Å²) in [5.74, 6) is -0.0985. The fraction of sp³-hybridized carbons (Fsp3) is 0.643. The van der Waals surface area contributed by atoms with Crippen molar-refractivity contribution < 1.29 is 28.2 Å². The summed E-state index contributed by atoms with van der Waals surface area (Å²) < 4.78 is 34.1. The SMILES string of the molecule is Cn1cc(S(=O)(=O)N2C[C@H]3COC[C@@]3(CO)C2)c(=O)n(C)c1=O.O=CO. The Hall–Kier alpha value is -2.02. The van der Waals surface area contributed by atoms with E-state index in [1.165, 1.54) is 18.4 Å². The lowest BCUT2D eigenvalue weighted by Crippen LogP contribution is -2.43. The minimum Gasteiger partial charge on any atom is -0.483 e. The van der Waals surface area contributed by atoms with E-state index in [4.69, 9.17) is 14.6 Å². The lowest BCUT2D eigenvalue weighted by Gasteiger charge is -2.24. The summed E-state index contributed by atoms with van der Waals surface area (Å²) in [5, 5.41) is 16.5. The average Bonchev–Trinajstić information content (AvgIpc) is 3.14. The van der Waals surface area contributed by atoms with Crippen LogP contribution in [-0.4, -0.2) is 71.5 Å². The normalized spacial score (nSPS) is 25.4. The molecule has 0 aliphatic carbocycles. The second-order valence-electron chi connectivity index (χ2n) is 6.39. The summed E-state index contributed by atoms with van der Waals surface area (Å²) in [7, 11) is -1.41. The summed E-state index contributed by atoms with van der Waals surface area (Å²) in [6.07, 6.45) is 1.05. The Morgan fingerprint density at radius 3 is 2.54 bits per heavy atom. The molecule has 146 valence electrons. The minimum absolute atomic E-state index is 0.0985. The summed E-state index contributed by atoms with van der Waals surface area (Å²) in [5.41, 5.74) is -2.05. The highest BCUT2D eigenvalue weighted by Crippen LogP contribution is 2.42. The highest BCUT2D eigenvalue weighted by molar-refractivity contribution is 7.89. The number of fused-ring (bicyclic) bond motifs is 1. The highest BCUT2D eigenvalue weighted by atomic mass is 32.2. The standard InChI is InChI=1S/C13H19N3O6S.CH2O2/c1-14-4-10(11(18)15(2)12(14)19)23(20,21)16-3-9-5-22-8-13(9,6-16)7-17;2-1-3/h4,9,17H,3,5-8H2,1-2H3;1H,(H,2,3)/t9-,13-;/m0./s1. The maximum Gasteiger partial charge on any atom is 0.330 e. The molecule has 3 heterocycles. The van der Waals surface area contributed by atoms with Crippen molar-refractivity contribution in [3.63, 3.8) is 0 Å². The van der Waals surface area contributed by atoms with Crippen LogP contribution < -0.4 is 11.2 Å². The Kier molecular flexibility index (Phi) is 5.70. The van der Waals surface area contributed by atoms with Gasteiger partial charge in [0.15, 0.2) is 4.90 Å². The van der Waals surface area contributed by atoms with E-state index in [0.29, 0.717) is 13.2 Å². The first-order chi connectivity index (χ1) is 12.1. The second kappa shape index (κ2) is 7.31. The molecule has 11 nitrogen and oxygen atoms in total. The Morgan fingerprint density at radius 2 is 2.00 bits per heavy atom. The number of aryl methyl sites for hydroxylation is 1. The van der Waals surface area contributed by atoms with Gasteiger partial charge in [0.2, 0.25) is 10.0 Å². The van der Waals surface area contributed by atoms with E-state index >= 15 is 0 Å². The van der Waals surface area contributed by atoms with Crippen molar-refractivity contribution in [1.29, 1.82) is 0 Å². The number of carbonyl (C=O) groups is 1. The quantitative estimate of drug-likeness (QED) is 0.534. The molecule has 0 spiro atoms. The van der Waals surface area contributed by atoms with E-state index in [2.05, 4.69) is 0 Å². The molecule has 2 aliphatic rings. The second-order valence-corrected chi connectivity index (χ2v) is 8.29. The van der Waals surface area contributed by atoms with Crippen LogP contribution in [0.4, 0.5) is 0 Å². The lowest BCUT2D eigenvalue weighted by atomic mass is 9.82. The van der Waals surface area contributed by atoms with Crippen LogP contribution in [0.3, 0.4) is 0 Å². The van der Waals surface area contributed by atoms with Crippen molar-refractivity contribution in [1.82, 2.24) is 13.4 Å². The number of aromatic nitrogens is 2. The Bertz CT molecular complexity index is 906. The molecule has 2 atom stereocenters. The Labute approximate surface area is 149 Å². The molecule has 0 unspecified atom stereocenters. The van der Waals surface area contributed by atoms with Crippen LogP contribution in [0, 0.1) is 11.3 Å². The van der Waals surface area contributed by atoms with Crippen LogP contribution in [0.1, 0.15) is 0 Å². The van der Waals surface area contributed by atoms with Crippen molar-refractivity contribution in [2.45, 2.75) is 4.90 Å². The molecular weight excluding hydrogens is 370 g/mol. The summed E-state index contributed by atoms with van der Waals surface area (Å²) in [4.78, 5) is 31.9. The molecule has 3 rings (SSSR count). The third-order valence-electron chi connectivity index (χ3n) is 4.84. The summed E-state index contributed by atoms with van der Waals surface area (Å²) in [6.45, 7) is 0.551. The molecule has 0 radical (unpaired) electrons. The van der Waals surface area contributed by atoms with Crippen molar-refractivity contribution in [3.8, 4) is 0 Å². The Balaban J connectivity index is 0.000000758. The Morgan fingerprint density at radius 1 is 1.38 bits per heavy atom. The molecule has 2 aliphatic heterocycles. The topological polar surface area (TPSA) is 148 Å². The molecule has 26 heavy (non-hydrogen) atoms. The van der Waals surface area contributed by atoms with Gasteiger partial charge >= 0.3 is 5.69 Å². The summed E-state index contributed by atoms with van der Waals surface area (Å²) in [6, 6.07) is 0. The van der Waals surface area contributed by atoms with E-state index < -0.39 is 31.6 Å². The number of sulfonamides is 1. The number of nitrogens with zero attached hydrogens (tertiary/aromatic N) is 3. The molecule has 0 aromatic carbocycles. The number of aliphatic hydroxyl groups excluding tert-OH is 1. The summed E-state index contributed by atoms with van der Waals surface area (Å²) >= 11 is 0. The van der Waals surface area contributed by atoms with Gasteiger partial charge in [-0.3, -0.25) is 14.2 Å². The molecule has 1 aromatic rings.